The second kappa shape index (κ2) is 6.65. The molecule has 0 amide bonds. The van der Waals surface area contributed by atoms with Crippen LogP contribution in [0.1, 0.15) is 5.69 Å². The van der Waals surface area contributed by atoms with E-state index in [0.29, 0.717) is 6.54 Å². The number of H-pyrrole nitrogens is 1. The van der Waals surface area contributed by atoms with Gasteiger partial charge in [-0.3, -0.25) is 9.78 Å². The van der Waals surface area contributed by atoms with Crippen molar-refractivity contribution >= 4 is 5.69 Å². The minimum atomic E-state index is 0.700. The van der Waals surface area contributed by atoms with E-state index in [-0.39, 0.29) is 0 Å². The molecule has 0 fully saturated rings. The Kier molecular flexibility index (Phi) is 4.04. The lowest BCUT2D eigenvalue weighted by Gasteiger charge is -2.05. The van der Waals surface area contributed by atoms with Crippen LogP contribution < -0.4 is 5.32 Å². The van der Waals surface area contributed by atoms with Crippen molar-refractivity contribution in [3.8, 4) is 22.4 Å². The van der Waals surface area contributed by atoms with Gasteiger partial charge in [0.05, 0.1) is 24.1 Å². The predicted octanol–water partition coefficient (Wildman–Crippen LogP) is 4.09. The lowest BCUT2D eigenvalue weighted by Crippen LogP contribution is -1.99. The van der Waals surface area contributed by atoms with Crippen LogP contribution in [0.2, 0.25) is 0 Å². The molecule has 0 aliphatic heterocycles. The minimum Gasteiger partial charge on any atom is -0.379 e. The van der Waals surface area contributed by atoms with Crippen LogP contribution in [-0.2, 0) is 13.6 Å². The van der Waals surface area contributed by atoms with Crippen LogP contribution in [0, 0.1) is 0 Å². The van der Waals surface area contributed by atoms with Gasteiger partial charge in [0.15, 0.2) is 0 Å². The first kappa shape index (κ1) is 15.2. The molecule has 124 valence electrons. The summed E-state index contributed by atoms with van der Waals surface area (Å²) in [5.41, 5.74) is 6.48. The Bertz CT molecular complexity index is 951. The fourth-order valence-corrected chi connectivity index (χ4v) is 2.76. The van der Waals surface area contributed by atoms with Gasteiger partial charge in [-0.2, -0.15) is 10.2 Å². The van der Waals surface area contributed by atoms with Gasteiger partial charge in [-0.05, 0) is 23.8 Å². The van der Waals surface area contributed by atoms with E-state index >= 15 is 0 Å². The summed E-state index contributed by atoms with van der Waals surface area (Å²) in [6, 6.07) is 20.6. The van der Waals surface area contributed by atoms with Crippen molar-refractivity contribution in [2.45, 2.75) is 6.54 Å². The van der Waals surface area contributed by atoms with E-state index in [4.69, 9.17) is 0 Å². The number of aryl methyl sites for hydroxylation is 1. The lowest BCUT2D eigenvalue weighted by molar-refractivity contribution is 0.768. The zero-order valence-corrected chi connectivity index (χ0v) is 14.0. The Balaban J connectivity index is 1.41. The summed E-state index contributed by atoms with van der Waals surface area (Å²) in [4.78, 5) is 0. The van der Waals surface area contributed by atoms with Crippen LogP contribution >= 0.6 is 0 Å². The van der Waals surface area contributed by atoms with E-state index in [1.807, 2.05) is 42.3 Å². The van der Waals surface area contributed by atoms with Gasteiger partial charge in [0.25, 0.3) is 0 Å². The molecular formula is C20H19N5. The maximum absolute atomic E-state index is 4.38. The first-order valence-electron chi connectivity index (χ1n) is 8.20. The monoisotopic (exact) mass is 329 g/mol. The molecule has 4 rings (SSSR count). The Labute approximate surface area is 146 Å². The van der Waals surface area contributed by atoms with Gasteiger partial charge in [0.1, 0.15) is 0 Å². The van der Waals surface area contributed by atoms with Gasteiger partial charge in [0, 0.05) is 30.1 Å². The van der Waals surface area contributed by atoms with E-state index in [1.165, 1.54) is 0 Å². The molecule has 0 saturated carbocycles. The second-order valence-corrected chi connectivity index (χ2v) is 5.98. The molecule has 0 aliphatic rings. The van der Waals surface area contributed by atoms with Gasteiger partial charge < -0.3 is 5.32 Å². The predicted molar refractivity (Wildman–Crippen MR) is 100.0 cm³/mol. The van der Waals surface area contributed by atoms with Crippen LogP contribution in [0.3, 0.4) is 0 Å². The van der Waals surface area contributed by atoms with Crippen LogP contribution in [0.4, 0.5) is 5.69 Å². The van der Waals surface area contributed by atoms with E-state index in [2.05, 4.69) is 63.1 Å². The summed E-state index contributed by atoms with van der Waals surface area (Å²) in [6.07, 6.45) is 3.89. The van der Waals surface area contributed by atoms with Gasteiger partial charge in [0.2, 0.25) is 0 Å². The molecule has 5 nitrogen and oxygen atoms in total. The second-order valence-electron chi connectivity index (χ2n) is 5.98. The molecule has 0 spiro atoms. The quantitative estimate of drug-likeness (QED) is 0.580. The number of rotatable bonds is 5. The Morgan fingerprint density at radius 1 is 0.960 bits per heavy atom. The number of anilines is 1. The largest absolute Gasteiger partial charge is 0.379 e. The SMILES string of the molecule is Cn1cc(-c2ccc(NCc3cc(-c4ccccc4)n[nH]3)cc2)cn1. The van der Waals surface area contributed by atoms with Gasteiger partial charge >= 0.3 is 0 Å². The lowest BCUT2D eigenvalue weighted by atomic mass is 10.1. The van der Waals surface area contributed by atoms with E-state index in [1.54, 1.807) is 0 Å². The fourth-order valence-electron chi connectivity index (χ4n) is 2.76. The number of hydrogen-bond acceptors (Lipinski definition) is 3. The molecule has 0 bridgehead atoms. The van der Waals surface area contributed by atoms with Gasteiger partial charge in [-0.1, -0.05) is 42.5 Å². The summed E-state index contributed by atoms with van der Waals surface area (Å²) in [6.45, 7) is 0.700. The minimum absolute atomic E-state index is 0.700. The van der Waals surface area contributed by atoms with Crippen molar-refractivity contribution in [1.82, 2.24) is 20.0 Å². The Morgan fingerprint density at radius 3 is 2.48 bits per heavy atom. The van der Waals surface area contributed by atoms with Crippen molar-refractivity contribution in [2.24, 2.45) is 7.05 Å². The first-order chi connectivity index (χ1) is 12.3. The van der Waals surface area contributed by atoms with Crippen molar-refractivity contribution in [1.29, 1.82) is 0 Å². The van der Waals surface area contributed by atoms with Crippen LogP contribution in [-0.4, -0.2) is 20.0 Å². The maximum atomic E-state index is 4.38. The smallest absolute Gasteiger partial charge is 0.0924 e. The molecule has 0 radical (unpaired) electrons. The van der Waals surface area contributed by atoms with E-state index in [0.717, 1.165) is 33.8 Å². The summed E-state index contributed by atoms with van der Waals surface area (Å²) in [5, 5.41) is 15.1. The molecular weight excluding hydrogens is 310 g/mol. The molecule has 0 aliphatic carbocycles. The van der Waals surface area contributed by atoms with Gasteiger partial charge in [-0.15, -0.1) is 0 Å². The third kappa shape index (κ3) is 3.45. The summed E-state index contributed by atoms with van der Waals surface area (Å²) in [7, 11) is 1.92. The molecule has 2 aromatic carbocycles. The molecule has 2 N–H and O–H groups in total. The first-order valence-corrected chi connectivity index (χ1v) is 8.20. The van der Waals surface area contributed by atoms with Crippen LogP contribution in [0.5, 0.6) is 0 Å². The average molecular weight is 329 g/mol. The Morgan fingerprint density at radius 2 is 1.76 bits per heavy atom. The van der Waals surface area contributed by atoms with Crippen molar-refractivity contribution in [3.63, 3.8) is 0 Å². The normalized spacial score (nSPS) is 10.8. The molecule has 4 aromatic rings. The highest BCUT2D eigenvalue weighted by atomic mass is 15.2. The average Bonchev–Trinajstić information content (AvgIpc) is 3.30. The molecule has 2 aromatic heterocycles. The zero-order chi connectivity index (χ0) is 17.1. The third-order valence-corrected chi connectivity index (χ3v) is 4.11. The number of aromatic nitrogens is 4. The summed E-state index contributed by atoms with van der Waals surface area (Å²) in [5.74, 6) is 0. The Hall–Kier alpha value is -3.34. The highest BCUT2D eigenvalue weighted by Gasteiger charge is 2.04. The maximum Gasteiger partial charge on any atom is 0.0924 e. The third-order valence-electron chi connectivity index (χ3n) is 4.11. The fraction of sp³-hybridized carbons (Fsp3) is 0.100. The van der Waals surface area contributed by atoms with Gasteiger partial charge in [-0.25, -0.2) is 0 Å². The molecule has 0 atom stereocenters. The highest BCUT2D eigenvalue weighted by molar-refractivity contribution is 5.65. The number of hydrogen-bond donors (Lipinski definition) is 2. The van der Waals surface area contributed by atoms with Crippen molar-refractivity contribution in [2.75, 3.05) is 5.32 Å². The summed E-state index contributed by atoms with van der Waals surface area (Å²) < 4.78 is 1.81. The van der Waals surface area contributed by atoms with Crippen molar-refractivity contribution in [3.05, 3.63) is 78.8 Å². The molecule has 25 heavy (non-hydrogen) atoms. The summed E-state index contributed by atoms with van der Waals surface area (Å²) >= 11 is 0. The van der Waals surface area contributed by atoms with E-state index in [9.17, 15) is 0 Å². The highest BCUT2D eigenvalue weighted by Crippen LogP contribution is 2.21. The number of benzene rings is 2. The van der Waals surface area contributed by atoms with Crippen LogP contribution in [0.15, 0.2) is 73.1 Å². The molecule has 5 heteroatoms. The van der Waals surface area contributed by atoms with E-state index < -0.39 is 0 Å². The topological polar surface area (TPSA) is 58.5 Å². The molecule has 2 heterocycles. The van der Waals surface area contributed by atoms with Crippen molar-refractivity contribution < 1.29 is 0 Å². The molecule has 0 unspecified atom stereocenters. The number of aromatic amines is 1. The standard InChI is InChI=1S/C20H19N5/c1-25-14-17(12-22-25)15-7-9-18(10-8-15)21-13-19-11-20(24-23-19)16-5-3-2-4-6-16/h2-12,14,21H,13H2,1H3,(H,23,24). The van der Waals surface area contributed by atoms with Crippen LogP contribution in [0.25, 0.3) is 22.4 Å². The zero-order valence-electron chi connectivity index (χ0n) is 14.0. The number of nitrogens with one attached hydrogen (secondary N) is 2. The number of nitrogens with zero attached hydrogens (tertiary/aromatic N) is 3. The molecule has 0 saturated heterocycles.